The van der Waals surface area contributed by atoms with Crippen LogP contribution in [0, 0.1) is 16.7 Å². The van der Waals surface area contributed by atoms with Crippen molar-refractivity contribution in [3.8, 4) is 6.07 Å². The number of fused-ring (bicyclic) bond motifs is 1. The van der Waals surface area contributed by atoms with Crippen LogP contribution in [0.25, 0.3) is 0 Å². The Balaban J connectivity index is 1.84. The van der Waals surface area contributed by atoms with Gasteiger partial charge in [0.05, 0.1) is 18.8 Å². The van der Waals surface area contributed by atoms with Gasteiger partial charge in [-0.2, -0.15) is 5.26 Å². The number of aliphatic hydroxyl groups excluding tert-OH is 1. The second-order valence-electron chi connectivity index (χ2n) is 8.92. The van der Waals surface area contributed by atoms with Gasteiger partial charge >= 0.3 is 6.09 Å². The van der Waals surface area contributed by atoms with Crippen LogP contribution in [0.2, 0.25) is 0 Å². The van der Waals surface area contributed by atoms with Crippen molar-refractivity contribution in [2.75, 3.05) is 32.8 Å². The number of likely N-dealkylation sites (tertiary alicyclic amines) is 1. The van der Waals surface area contributed by atoms with Crippen molar-refractivity contribution < 1.29 is 23.8 Å². The molecule has 0 saturated carbocycles. The molecule has 1 unspecified atom stereocenters. The van der Waals surface area contributed by atoms with Crippen molar-refractivity contribution in [3.05, 3.63) is 35.4 Å². The van der Waals surface area contributed by atoms with E-state index in [4.69, 9.17) is 14.7 Å². The van der Waals surface area contributed by atoms with Crippen molar-refractivity contribution in [2.24, 2.45) is 5.41 Å². The summed E-state index contributed by atoms with van der Waals surface area (Å²) >= 11 is 0. The number of carbonyl (C=O) groups is 1. The number of ether oxygens (including phenoxy) is 2. The Kier molecular flexibility index (Phi) is 6.25. The first-order chi connectivity index (χ1) is 14.1. The number of hydrogen-bond acceptors (Lipinski definition) is 6. The molecule has 0 aromatic carbocycles. The van der Waals surface area contributed by atoms with E-state index in [-0.39, 0.29) is 25.1 Å². The first-order valence-electron chi connectivity index (χ1n) is 10.3. The van der Waals surface area contributed by atoms with Gasteiger partial charge in [-0.1, -0.05) is 6.58 Å². The summed E-state index contributed by atoms with van der Waals surface area (Å²) in [6.07, 6.45) is 1.99. The molecule has 0 bridgehead atoms. The third-order valence-corrected chi connectivity index (χ3v) is 5.89. The summed E-state index contributed by atoms with van der Waals surface area (Å²) in [5, 5.41) is 18.3. The highest BCUT2D eigenvalue weighted by Crippen LogP contribution is 2.57. The lowest BCUT2D eigenvalue weighted by Crippen LogP contribution is -2.46. The summed E-state index contributed by atoms with van der Waals surface area (Å²) < 4.78 is 26.2. The van der Waals surface area contributed by atoms with E-state index in [1.165, 1.54) is 6.08 Å². The SMILES string of the molecule is C=C1N(CCO)C2=C(C(F)=CC(OCC#N)C2)C12CCN(C(=O)OC(C)(C)C)CC2. The summed E-state index contributed by atoms with van der Waals surface area (Å²) in [4.78, 5) is 16.0. The van der Waals surface area contributed by atoms with Crippen LogP contribution in [0.4, 0.5) is 9.18 Å². The Morgan fingerprint density at radius 1 is 1.43 bits per heavy atom. The highest BCUT2D eigenvalue weighted by atomic mass is 19.1. The van der Waals surface area contributed by atoms with E-state index in [2.05, 4.69) is 6.58 Å². The van der Waals surface area contributed by atoms with Gasteiger partial charge in [0.2, 0.25) is 0 Å². The van der Waals surface area contributed by atoms with Gasteiger partial charge in [0, 0.05) is 48.4 Å². The van der Waals surface area contributed by atoms with Gasteiger partial charge in [-0.25, -0.2) is 9.18 Å². The van der Waals surface area contributed by atoms with E-state index in [9.17, 15) is 9.90 Å². The number of carbonyl (C=O) groups excluding carboxylic acids is 1. The normalized spacial score (nSPS) is 23.4. The second-order valence-corrected chi connectivity index (χ2v) is 8.92. The second kappa shape index (κ2) is 8.40. The molecule has 3 rings (SSSR count). The number of piperidine rings is 1. The molecule has 1 fully saturated rings. The molecule has 1 spiro atoms. The van der Waals surface area contributed by atoms with E-state index < -0.39 is 17.1 Å². The van der Waals surface area contributed by atoms with Crippen molar-refractivity contribution in [3.63, 3.8) is 0 Å². The zero-order chi connectivity index (χ0) is 22.1. The van der Waals surface area contributed by atoms with E-state index in [0.29, 0.717) is 44.5 Å². The average Bonchev–Trinajstić information content (AvgIpc) is 2.89. The number of rotatable bonds is 4. The van der Waals surface area contributed by atoms with Crippen molar-refractivity contribution in [1.82, 2.24) is 9.80 Å². The molecule has 3 aliphatic rings. The summed E-state index contributed by atoms with van der Waals surface area (Å²) in [6.45, 7) is 10.7. The molecule has 164 valence electrons. The Morgan fingerprint density at radius 3 is 2.67 bits per heavy atom. The Labute approximate surface area is 177 Å². The molecule has 1 amide bonds. The Bertz CT molecular complexity index is 813. The maximum atomic E-state index is 15.3. The maximum Gasteiger partial charge on any atom is 0.410 e. The van der Waals surface area contributed by atoms with Crippen LogP contribution in [0.15, 0.2) is 35.4 Å². The number of halogens is 1. The third-order valence-electron chi connectivity index (χ3n) is 5.89. The number of β-amino-alcohol motifs (C(OH)–C–C–N with tert-alkyl or cyclic N) is 1. The van der Waals surface area contributed by atoms with Gasteiger partial charge in [-0.3, -0.25) is 0 Å². The Morgan fingerprint density at radius 2 is 2.10 bits per heavy atom. The summed E-state index contributed by atoms with van der Waals surface area (Å²) in [5.74, 6) is -0.369. The minimum Gasteiger partial charge on any atom is -0.444 e. The first kappa shape index (κ1) is 22.3. The number of allylic oxidation sites excluding steroid dienone is 2. The van der Waals surface area contributed by atoms with Crippen LogP contribution in [0.3, 0.4) is 0 Å². The Hall–Kier alpha value is -2.37. The van der Waals surface area contributed by atoms with Gasteiger partial charge in [-0.05, 0) is 39.7 Å². The smallest absolute Gasteiger partial charge is 0.410 e. The number of nitriles is 1. The lowest BCUT2D eigenvalue weighted by atomic mass is 9.70. The first-order valence-corrected chi connectivity index (χ1v) is 10.3. The molecule has 7 nitrogen and oxygen atoms in total. The van der Waals surface area contributed by atoms with Gasteiger partial charge in [0.25, 0.3) is 0 Å². The number of amides is 1. The van der Waals surface area contributed by atoms with E-state index in [1.807, 2.05) is 31.7 Å². The number of hydrogen-bond donors (Lipinski definition) is 1. The summed E-state index contributed by atoms with van der Waals surface area (Å²) in [7, 11) is 0. The van der Waals surface area contributed by atoms with Gasteiger partial charge in [-0.15, -0.1) is 0 Å². The molecular weight excluding hydrogens is 389 g/mol. The third kappa shape index (κ3) is 4.09. The summed E-state index contributed by atoms with van der Waals surface area (Å²) in [6, 6.07) is 1.91. The molecule has 30 heavy (non-hydrogen) atoms. The van der Waals surface area contributed by atoms with E-state index in [1.54, 1.807) is 4.90 Å². The van der Waals surface area contributed by atoms with Gasteiger partial charge < -0.3 is 24.4 Å². The predicted molar refractivity (Wildman–Crippen MR) is 109 cm³/mol. The molecule has 2 aliphatic heterocycles. The minimum atomic E-state index is -0.621. The maximum absolute atomic E-state index is 15.3. The van der Waals surface area contributed by atoms with Crippen LogP contribution >= 0.6 is 0 Å². The molecular formula is C22H30FN3O4. The molecule has 0 radical (unpaired) electrons. The highest BCUT2D eigenvalue weighted by Gasteiger charge is 2.52. The lowest BCUT2D eigenvalue weighted by molar-refractivity contribution is 0.0153. The summed E-state index contributed by atoms with van der Waals surface area (Å²) in [5.41, 5.74) is 0.885. The molecule has 1 aliphatic carbocycles. The number of aliphatic hydroxyl groups is 1. The lowest BCUT2D eigenvalue weighted by Gasteiger charge is -2.42. The van der Waals surface area contributed by atoms with E-state index in [0.717, 1.165) is 11.4 Å². The van der Waals surface area contributed by atoms with Crippen molar-refractivity contribution >= 4 is 6.09 Å². The van der Waals surface area contributed by atoms with Crippen LogP contribution in [-0.2, 0) is 9.47 Å². The zero-order valence-electron chi connectivity index (χ0n) is 17.9. The van der Waals surface area contributed by atoms with Crippen LogP contribution in [-0.4, -0.2) is 65.6 Å². The fraction of sp³-hybridized carbons (Fsp3) is 0.636. The predicted octanol–water partition coefficient (Wildman–Crippen LogP) is 3.25. The van der Waals surface area contributed by atoms with Crippen LogP contribution in [0.5, 0.6) is 0 Å². The van der Waals surface area contributed by atoms with Gasteiger partial charge in [0.1, 0.15) is 18.0 Å². The molecule has 1 saturated heterocycles. The van der Waals surface area contributed by atoms with Crippen molar-refractivity contribution in [2.45, 2.75) is 51.7 Å². The van der Waals surface area contributed by atoms with Gasteiger partial charge in [0.15, 0.2) is 0 Å². The molecule has 2 heterocycles. The minimum absolute atomic E-state index is 0.0923. The standard InChI is InChI=1S/C22H30FN3O4/c1-15-22(5-8-25(9-6-22)20(28)30-21(2,3)4)19-17(23)13-16(29-12-7-24)14-18(19)26(15)10-11-27/h13,16,27H,1,5-6,8-12,14H2,2-4H3. The largest absolute Gasteiger partial charge is 0.444 e. The number of nitrogens with zero attached hydrogens (tertiary/aromatic N) is 3. The van der Waals surface area contributed by atoms with Crippen molar-refractivity contribution in [1.29, 1.82) is 5.26 Å². The fourth-order valence-corrected chi connectivity index (χ4v) is 4.61. The topological polar surface area (TPSA) is 86.0 Å². The molecule has 1 N–H and O–H groups in total. The fourth-order valence-electron chi connectivity index (χ4n) is 4.61. The monoisotopic (exact) mass is 419 g/mol. The molecule has 0 aromatic rings. The van der Waals surface area contributed by atoms with Crippen LogP contribution < -0.4 is 0 Å². The van der Waals surface area contributed by atoms with Crippen LogP contribution in [0.1, 0.15) is 40.0 Å². The quantitative estimate of drug-likeness (QED) is 0.753. The molecule has 1 atom stereocenters. The zero-order valence-corrected chi connectivity index (χ0v) is 17.9. The van der Waals surface area contributed by atoms with E-state index >= 15 is 4.39 Å². The average molecular weight is 419 g/mol. The molecule has 0 aromatic heterocycles. The highest BCUT2D eigenvalue weighted by molar-refractivity contribution is 5.68. The molecule has 8 heteroatoms.